The summed E-state index contributed by atoms with van der Waals surface area (Å²) in [5.41, 5.74) is 8.42. The van der Waals surface area contributed by atoms with Crippen LogP contribution in [0.4, 0.5) is 14.6 Å². The lowest BCUT2D eigenvalue weighted by Crippen LogP contribution is -2.29. The van der Waals surface area contributed by atoms with Crippen LogP contribution in [0.2, 0.25) is 0 Å². The third-order valence-electron chi connectivity index (χ3n) is 3.32. The average molecular weight is 285 g/mol. The number of aryl methyl sites for hydroxylation is 2. The highest BCUT2D eigenvalue weighted by atomic mass is 32.1. The van der Waals surface area contributed by atoms with Crippen molar-refractivity contribution < 1.29 is 8.78 Å². The van der Waals surface area contributed by atoms with E-state index in [1.165, 1.54) is 4.90 Å². The molecule has 0 aliphatic heterocycles. The Morgan fingerprint density at radius 1 is 1.47 bits per heavy atom. The number of pyridine rings is 1. The number of thiocarbonyl (C=S) groups is 1. The van der Waals surface area contributed by atoms with Crippen molar-refractivity contribution in [1.82, 2.24) is 4.98 Å². The summed E-state index contributed by atoms with van der Waals surface area (Å²) in [5, 5.41) is 0. The summed E-state index contributed by atoms with van der Waals surface area (Å²) in [6, 6.07) is 1.92. The molecule has 0 unspecified atom stereocenters. The lowest BCUT2D eigenvalue weighted by molar-refractivity contribution is 0.156. The first kappa shape index (κ1) is 14.1. The van der Waals surface area contributed by atoms with Gasteiger partial charge in [-0.25, -0.2) is 13.8 Å². The molecular weight excluding hydrogens is 268 g/mol. The van der Waals surface area contributed by atoms with Crippen LogP contribution in [0.25, 0.3) is 0 Å². The first-order valence-corrected chi connectivity index (χ1v) is 6.71. The zero-order chi connectivity index (χ0) is 14.0. The molecule has 1 aromatic rings. The second kappa shape index (κ2) is 5.77. The summed E-state index contributed by atoms with van der Waals surface area (Å²) in [5.74, 6) is 0.466. The van der Waals surface area contributed by atoms with E-state index in [1.54, 1.807) is 7.05 Å². The summed E-state index contributed by atoms with van der Waals surface area (Å²) in [4.78, 5) is 6.14. The van der Waals surface area contributed by atoms with Crippen LogP contribution in [-0.2, 0) is 12.8 Å². The SMILES string of the molecule is CN(CC(F)F)c1nc2c(cc1C(N)=S)CCCC2. The molecule has 0 spiro atoms. The van der Waals surface area contributed by atoms with Crippen molar-refractivity contribution in [3.05, 3.63) is 22.9 Å². The molecule has 6 heteroatoms. The summed E-state index contributed by atoms with van der Waals surface area (Å²) < 4.78 is 25.0. The maximum atomic E-state index is 12.5. The molecule has 1 aliphatic carbocycles. The molecule has 0 saturated carbocycles. The molecule has 0 aromatic carbocycles. The van der Waals surface area contributed by atoms with Crippen molar-refractivity contribution in [1.29, 1.82) is 0 Å². The Kier molecular flexibility index (Phi) is 4.29. The number of alkyl halides is 2. The minimum Gasteiger partial charge on any atom is -0.389 e. The second-order valence-electron chi connectivity index (χ2n) is 4.81. The molecular formula is C13H17F2N3S. The number of hydrogen-bond donors (Lipinski definition) is 1. The number of halogens is 2. The molecule has 0 saturated heterocycles. The number of nitrogens with zero attached hydrogens (tertiary/aromatic N) is 2. The lowest BCUT2D eigenvalue weighted by Gasteiger charge is -2.24. The first-order chi connectivity index (χ1) is 8.99. The van der Waals surface area contributed by atoms with Gasteiger partial charge in [0.1, 0.15) is 10.8 Å². The first-order valence-electron chi connectivity index (χ1n) is 6.31. The molecule has 3 nitrogen and oxygen atoms in total. The van der Waals surface area contributed by atoms with Crippen molar-refractivity contribution in [2.45, 2.75) is 32.1 Å². The van der Waals surface area contributed by atoms with Crippen LogP contribution >= 0.6 is 12.2 Å². The third kappa shape index (κ3) is 3.18. The molecule has 0 bridgehead atoms. The predicted octanol–water partition coefficient (Wildman–Crippen LogP) is 2.30. The average Bonchev–Trinajstić information content (AvgIpc) is 2.36. The highest BCUT2D eigenvalue weighted by Crippen LogP contribution is 2.26. The van der Waals surface area contributed by atoms with Crippen molar-refractivity contribution in [3.63, 3.8) is 0 Å². The standard InChI is InChI=1S/C13H17F2N3S/c1-18(7-11(14)15)13-9(12(16)19)6-8-4-2-3-5-10(8)17-13/h6,11H,2-5,7H2,1H3,(H2,16,19). The van der Waals surface area contributed by atoms with E-state index in [9.17, 15) is 8.78 Å². The molecule has 0 atom stereocenters. The Morgan fingerprint density at radius 3 is 2.79 bits per heavy atom. The highest BCUT2D eigenvalue weighted by Gasteiger charge is 2.20. The van der Waals surface area contributed by atoms with Crippen LogP contribution in [0.15, 0.2) is 6.07 Å². The van der Waals surface area contributed by atoms with Crippen molar-refractivity contribution in [3.8, 4) is 0 Å². The van der Waals surface area contributed by atoms with Crippen LogP contribution in [0.3, 0.4) is 0 Å². The summed E-state index contributed by atoms with van der Waals surface area (Å²) in [6.07, 6.45) is 1.64. The molecule has 0 fully saturated rings. The van der Waals surface area contributed by atoms with E-state index in [1.807, 2.05) is 6.07 Å². The summed E-state index contributed by atoms with van der Waals surface area (Å²) in [6.45, 7) is -0.374. The molecule has 2 rings (SSSR count). The van der Waals surface area contributed by atoms with E-state index < -0.39 is 6.43 Å². The molecule has 19 heavy (non-hydrogen) atoms. The molecule has 104 valence electrons. The zero-order valence-corrected chi connectivity index (χ0v) is 11.6. The normalized spacial score (nSPS) is 14.3. The van der Waals surface area contributed by atoms with Gasteiger partial charge in [0, 0.05) is 12.7 Å². The van der Waals surface area contributed by atoms with Crippen molar-refractivity contribution in [2.75, 3.05) is 18.5 Å². The Bertz CT molecular complexity index is 491. The van der Waals surface area contributed by atoms with Gasteiger partial charge in [-0.2, -0.15) is 0 Å². The Hall–Kier alpha value is -1.30. The Labute approximate surface area is 116 Å². The number of aromatic nitrogens is 1. The minimum absolute atomic E-state index is 0.206. The van der Waals surface area contributed by atoms with Crippen LogP contribution < -0.4 is 10.6 Å². The molecule has 1 aliphatic rings. The molecule has 0 amide bonds. The zero-order valence-electron chi connectivity index (χ0n) is 10.8. The van der Waals surface area contributed by atoms with E-state index in [2.05, 4.69) is 4.98 Å². The maximum absolute atomic E-state index is 12.5. The van der Waals surface area contributed by atoms with Gasteiger partial charge in [0.15, 0.2) is 0 Å². The van der Waals surface area contributed by atoms with Gasteiger partial charge in [-0.05, 0) is 37.3 Å². The number of rotatable bonds is 4. The predicted molar refractivity (Wildman–Crippen MR) is 76.0 cm³/mol. The molecule has 2 N–H and O–H groups in total. The fraction of sp³-hybridized carbons (Fsp3) is 0.538. The summed E-state index contributed by atoms with van der Waals surface area (Å²) in [7, 11) is 1.59. The van der Waals surface area contributed by atoms with Gasteiger partial charge in [0.2, 0.25) is 0 Å². The van der Waals surface area contributed by atoms with Gasteiger partial charge in [0.05, 0.1) is 12.1 Å². The highest BCUT2D eigenvalue weighted by molar-refractivity contribution is 7.80. The van der Waals surface area contributed by atoms with Crippen LogP contribution in [0.5, 0.6) is 0 Å². The number of anilines is 1. The van der Waals surface area contributed by atoms with E-state index in [0.29, 0.717) is 11.4 Å². The lowest BCUT2D eigenvalue weighted by atomic mass is 9.94. The largest absolute Gasteiger partial charge is 0.389 e. The van der Waals surface area contributed by atoms with Gasteiger partial charge in [-0.15, -0.1) is 0 Å². The van der Waals surface area contributed by atoms with Crippen LogP contribution in [0.1, 0.15) is 29.7 Å². The summed E-state index contributed by atoms with van der Waals surface area (Å²) >= 11 is 5.01. The smallest absolute Gasteiger partial charge is 0.255 e. The van der Waals surface area contributed by atoms with Crippen molar-refractivity contribution >= 4 is 23.0 Å². The van der Waals surface area contributed by atoms with Gasteiger partial charge in [-0.1, -0.05) is 12.2 Å². The van der Waals surface area contributed by atoms with Gasteiger partial charge >= 0.3 is 0 Å². The fourth-order valence-electron chi connectivity index (χ4n) is 2.39. The number of nitrogens with two attached hydrogens (primary N) is 1. The van der Waals surface area contributed by atoms with Crippen LogP contribution in [0, 0.1) is 0 Å². The van der Waals surface area contributed by atoms with E-state index in [0.717, 1.165) is 36.9 Å². The van der Waals surface area contributed by atoms with E-state index in [-0.39, 0.29) is 11.5 Å². The Balaban J connectivity index is 2.42. The van der Waals surface area contributed by atoms with Gasteiger partial charge < -0.3 is 10.6 Å². The maximum Gasteiger partial charge on any atom is 0.255 e. The quantitative estimate of drug-likeness (QED) is 0.862. The van der Waals surface area contributed by atoms with Gasteiger partial charge in [-0.3, -0.25) is 0 Å². The number of hydrogen-bond acceptors (Lipinski definition) is 3. The minimum atomic E-state index is -2.41. The number of fused-ring (bicyclic) bond motifs is 1. The van der Waals surface area contributed by atoms with Crippen LogP contribution in [-0.4, -0.2) is 30.0 Å². The Morgan fingerprint density at radius 2 is 2.16 bits per heavy atom. The van der Waals surface area contributed by atoms with Crippen molar-refractivity contribution in [2.24, 2.45) is 5.73 Å². The topological polar surface area (TPSA) is 42.2 Å². The molecule has 1 aromatic heterocycles. The molecule has 1 heterocycles. The molecule has 0 radical (unpaired) electrons. The fourth-order valence-corrected chi connectivity index (χ4v) is 2.54. The van der Waals surface area contributed by atoms with Gasteiger partial charge in [0.25, 0.3) is 6.43 Å². The van der Waals surface area contributed by atoms with E-state index >= 15 is 0 Å². The third-order valence-corrected chi connectivity index (χ3v) is 3.54. The second-order valence-corrected chi connectivity index (χ2v) is 5.25. The van der Waals surface area contributed by atoms with E-state index in [4.69, 9.17) is 18.0 Å². The monoisotopic (exact) mass is 285 g/mol.